The number of nitriles is 1. The second-order valence-corrected chi connectivity index (χ2v) is 6.48. The topological polar surface area (TPSA) is 81.2 Å². The number of ether oxygens (including phenoxy) is 2. The van der Waals surface area contributed by atoms with E-state index in [1.54, 1.807) is 50.6 Å². The smallest absolute Gasteiger partial charge is 0.142 e. The summed E-state index contributed by atoms with van der Waals surface area (Å²) in [5, 5.41) is 9.53. The number of nitrogens with two attached hydrogens (primary N) is 1. The zero-order chi connectivity index (χ0) is 19.6. The molecule has 0 amide bonds. The van der Waals surface area contributed by atoms with Gasteiger partial charge in [-0.15, -0.1) is 0 Å². The van der Waals surface area contributed by atoms with Crippen LogP contribution in [0.4, 0.5) is 10.2 Å². The fourth-order valence-electron chi connectivity index (χ4n) is 2.73. The molecule has 0 aliphatic carbocycles. The standard InChI is InChI=1S/C20H15BrFN3O2/c1-26-12-4-6-19(27-2)14(8-12)18-9-13(15(10-23)20(24)25-18)11-3-5-17(22)16(21)7-11/h3-9H,1-2H3,(H2,24,25). The molecule has 1 aromatic heterocycles. The lowest BCUT2D eigenvalue weighted by Gasteiger charge is -2.14. The van der Waals surface area contributed by atoms with Crippen LogP contribution in [-0.2, 0) is 0 Å². The fraction of sp³-hybridized carbons (Fsp3) is 0.100. The molecule has 0 saturated carbocycles. The molecular weight excluding hydrogens is 413 g/mol. The Hall–Kier alpha value is -3.11. The van der Waals surface area contributed by atoms with E-state index >= 15 is 0 Å². The molecule has 0 unspecified atom stereocenters. The van der Waals surface area contributed by atoms with E-state index in [9.17, 15) is 9.65 Å². The summed E-state index contributed by atoms with van der Waals surface area (Å²) >= 11 is 3.17. The van der Waals surface area contributed by atoms with E-state index in [1.807, 2.05) is 0 Å². The number of halogens is 2. The molecule has 0 fully saturated rings. The molecule has 0 aliphatic rings. The summed E-state index contributed by atoms with van der Waals surface area (Å²) in [6, 6.07) is 13.6. The van der Waals surface area contributed by atoms with Crippen LogP contribution in [-0.4, -0.2) is 19.2 Å². The number of benzene rings is 2. The summed E-state index contributed by atoms with van der Waals surface area (Å²) in [6.07, 6.45) is 0. The lowest BCUT2D eigenvalue weighted by Crippen LogP contribution is -2.01. The molecule has 0 bridgehead atoms. The van der Waals surface area contributed by atoms with Gasteiger partial charge >= 0.3 is 0 Å². The number of pyridine rings is 1. The Morgan fingerprint density at radius 3 is 2.48 bits per heavy atom. The maximum atomic E-state index is 13.6. The van der Waals surface area contributed by atoms with Gasteiger partial charge in [0.1, 0.15) is 34.8 Å². The largest absolute Gasteiger partial charge is 0.497 e. The van der Waals surface area contributed by atoms with Crippen LogP contribution in [0.2, 0.25) is 0 Å². The van der Waals surface area contributed by atoms with Crippen molar-refractivity contribution in [2.75, 3.05) is 20.0 Å². The number of aromatic nitrogens is 1. The normalized spacial score (nSPS) is 10.3. The first-order chi connectivity index (χ1) is 13.0. The van der Waals surface area contributed by atoms with Crippen LogP contribution in [0.1, 0.15) is 5.56 Å². The zero-order valence-electron chi connectivity index (χ0n) is 14.6. The number of nitrogens with zero attached hydrogens (tertiary/aromatic N) is 2. The number of rotatable bonds is 4. The summed E-state index contributed by atoms with van der Waals surface area (Å²) in [7, 11) is 3.12. The third-order valence-corrected chi connectivity index (χ3v) is 4.68. The van der Waals surface area contributed by atoms with Crippen molar-refractivity contribution < 1.29 is 13.9 Å². The summed E-state index contributed by atoms with van der Waals surface area (Å²) in [5.74, 6) is 0.893. The third kappa shape index (κ3) is 3.57. The van der Waals surface area contributed by atoms with Gasteiger partial charge in [-0.25, -0.2) is 9.37 Å². The zero-order valence-corrected chi connectivity index (χ0v) is 16.2. The Kier molecular flexibility index (Phi) is 5.28. The summed E-state index contributed by atoms with van der Waals surface area (Å²) < 4.78 is 24.6. The molecule has 27 heavy (non-hydrogen) atoms. The first-order valence-electron chi connectivity index (χ1n) is 7.87. The molecule has 2 aromatic carbocycles. The van der Waals surface area contributed by atoms with E-state index in [0.29, 0.717) is 38.4 Å². The van der Waals surface area contributed by atoms with Crippen LogP contribution in [0.5, 0.6) is 11.5 Å². The van der Waals surface area contributed by atoms with Crippen molar-refractivity contribution in [3.63, 3.8) is 0 Å². The molecule has 0 spiro atoms. The number of nitrogen functional groups attached to an aromatic ring is 1. The lowest BCUT2D eigenvalue weighted by atomic mass is 9.98. The van der Waals surface area contributed by atoms with Crippen LogP contribution in [0, 0.1) is 17.1 Å². The van der Waals surface area contributed by atoms with Gasteiger partial charge in [0, 0.05) is 11.1 Å². The van der Waals surface area contributed by atoms with Gasteiger partial charge in [-0.05, 0) is 57.9 Å². The van der Waals surface area contributed by atoms with Crippen LogP contribution in [0.25, 0.3) is 22.4 Å². The minimum atomic E-state index is -0.394. The van der Waals surface area contributed by atoms with Gasteiger partial charge < -0.3 is 15.2 Å². The molecule has 5 nitrogen and oxygen atoms in total. The molecule has 3 aromatic rings. The maximum absolute atomic E-state index is 13.6. The van der Waals surface area contributed by atoms with Gasteiger partial charge in [0.15, 0.2) is 0 Å². The molecule has 136 valence electrons. The lowest BCUT2D eigenvalue weighted by molar-refractivity contribution is 0.404. The van der Waals surface area contributed by atoms with Crippen molar-refractivity contribution in [3.05, 3.63) is 58.3 Å². The molecule has 0 atom stereocenters. The number of hydrogen-bond acceptors (Lipinski definition) is 5. The minimum Gasteiger partial charge on any atom is -0.497 e. The summed E-state index contributed by atoms with van der Waals surface area (Å²) in [6.45, 7) is 0. The van der Waals surface area contributed by atoms with Crippen molar-refractivity contribution in [1.82, 2.24) is 4.98 Å². The van der Waals surface area contributed by atoms with E-state index in [0.717, 1.165) is 0 Å². The molecule has 0 radical (unpaired) electrons. The second-order valence-electron chi connectivity index (χ2n) is 5.62. The highest BCUT2D eigenvalue weighted by atomic mass is 79.9. The first-order valence-corrected chi connectivity index (χ1v) is 8.66. The van der Waals surface area contributed by atoms with Gasteiger partial charge in [0.25, 0.3) is 0 Å². The Morgan fingerprint density at radius 2 is 1.85 bits per heavy atom. The van der Waals surface area contributed by atoms with Crippen molar-refractivity contribution in [2.24, 2.45) is 0 Å². The van der Waals surface area contributed by atoms with Crippen molar-refractivity contribution >= 4 is 21.7 Å². The highest BCUT2D eigenvalue weighted by Crippen LogP contribution is 2.37. The molecule has 3 rings (SSSR count). The Morgan fingerprint density at radius 1 is 1.07 bits per heavy atom. The van der Waals surface area contributed by atoms with E-state index in [4.69, 9.17) is 15.2 Å². The molecule has 7 heteroatoms. The summed E-state index contributed by atoms with van der Waals surface area (Å²) in [4.78, 5) is 4.36. The molecule has 1 heterocycles. The van der Waals surface area contributed by atoms with Gasteiger partial charge in [-0.1, -0.05) is 6.07 Å². The highest BCUT2D eigenvalue weighted by Gasteiger charge is 2.17. The number of hydrogen-bond donors (Lipinski definition) is 1. The minimum absolute atomic E-state index is 0.0790. The molecule has 0 aliphatic heterocycles. The van der Waals surface area contributed by atoms with Crippen molar-refractivity contribution in [1.29, 1.82) is 5.26 Å². The number of methoxy groups -OCH3 is 2. The first kappa shape index (κ1) is 18.7. The maximum Gasteiger partial charge on any atom is 0.142 e. The van der Waals surface area contributed by atoms with Gasteiger partial charge in [0.05, 0.1) is 24.4 Å². The predicted octanol–water partition coefficient (Wildman–Crippen LogP) is 4.79. The van der Waals surface area contributed by atoms with Crippen LogP contribution >= 0.6 is 15.9 Å². The van der Waals surface area contributed by atoms with Gasteiger partial charge in [-0.2, -0.15) is 5.26 Å². The summed E-state index contributed by atoms with van der Waals surface area (Å²) in [5.41, 5.74) is 8.62. The van der Waals surface area contributed by atoms with Crippen LogP contribution in [0.3, 0.4) is 0 Å². The monoisotopic (exact) mass is 427 g/mol. The highest BCUT2D eigenvalue weighted by molar-refractivity contribution is 9.10. The average molecular weight is 428 g/mol. The molecule has 2 N–H and O–H groups in total. The van der Waals surface area contributed by atoms with E-state index in [-0.39, 0.29) is 11.4 Å². The van der Waals surface area contributed by atoms with Gasteiger partial charge in [-0.3, -0.25) is 0 Å². The quantitative estimate of drug-likeness (QED) is 0.647. The fourth-order valence-corrected chi connectivity index (χ4v) is 3.10. The SMILES string of the molecule is COc1ccc(OC)c(-c2cc(-c3ccc(F)c(Br)c3)c(C#N)c(N)n2)c1. The number of anilines is 1. The Balaban J connectivity index is 2.27. The average Bonchev–Trinajstić information content (AvgIpc) is 2.68. The Labute approximate surface area is 164 Å². The molecule has 0 saturated heterocycles. The van der Waals surface area contributed by atoms with Crippen molar-refractivity contribution in [3.8, 4) is 40.0 Å². The predicted molar refractivity (Wildman–Crippen MR) is 105 cm³/mol. The van der Waals surface area contributed by atoms with Gasteiger partial charge in [0.2, 0.25) is 0 Å². The van der Waals surface area contributed by atoms with Crippen LogP contribution < -0.4 is 15.2 Å². The molecular formula is C20H15BrFN3O2. The van der Waals surface area contributed by atoms with E-state index < -0.39 is 5.82 Å². The Bertz CT molecular complexity index is 1060. The second kappa shape index (κ2) is 7.64. The third-order valence-electron chi connectivity index (χ3n) is 4.07. The van der Waals surface area contributed by atoms with E-state index in [2.05, 4.69) is 27.0 Å². The van der Waals surface area contributed by atoms with E-state index in [1.165, 1.54) is 6.07 Å². The van der Waals surface area contributed by atoms with Crippen molar-refractivity contribution in [2.45, 2.75) is 0 Å². The van der Waals surface area contributed by atoms with Crippen LogP contribution in [0.15, 0.2) is 46.9 Å².